The third kappa shape index (κ3) is 4.87. The van der Waals surface area contributed by atoms with Gasteiger partial charge < -0.3 is 5.32 Å². The summed E-state index contributed by atoms with van der Waals surface area (Å²) in [6, 6.07) is 13.1. The van der Waals surface area contributed by atoms with Crippen molar-refractivity contribution in [1.29, 1.82) is 0 Å². The first-order chi connectivity index (χ1) is 12.1. The zero-order valence-electron chi connectivity index (χ0n) is 13.0. The molecule has 0 saturated heterocycles. The summed E-state index contributed by atoms with van der Waals surface area (Å²) in [5.41, 5.74) is 1.53. The van der Waals surface area contributed by atoms with E-state index in [2.05, 4.69) is 10.3 Å². The largest absolute Gasteiger partial charge is 0.301 e. The monoisotopic (exact) mass is 376 g/mol. The third-order valence-corrected chi connectivity index (χ3v) is 5.06. The number of anilines is 1. The molecule has 0 aliphatic rings. The van der Waals surface area contributed by atoms with Gasteiger partial charge in [-0.1, -0.05) is 30.3 Å². The molecule has 0 fully saturated rings. The lowest BCUT2D eigenvalue weighted by Gasteiger charge is -2.03. The van der Waals surface area contributed by atoms with Crippen LogP contribution in [0.5, 0.6) is 0 Å². The highest BCUT2D eigenvalue weighted by Crippen LogP contribution is 2.27. The zero-order chi connectivity index (χ0) is 17.6. The van der Waals surface area contributed by atoms with Crippen LogP contribution in [-0.4, -0.2) is 16.6 Å². The first-order valence-corrected chi connectivity index (χ1v) is 9.48. The second-order valence-electron chi connectivity index (χ2n) is 5.19. The van der Waals surface area contributed by atoms with E-state index in [-0.39, 0.29) is 17.2 Å². The molecule has 1 aromatic heterocycles. The fraction of sp³-hybridized carbons (Fsp3) is 0.111. The van der Waals surface area contributed by atoms with Gasteiger partial charge in [0, 0.05) is 16.7 Å². The molecular formula is C18H14F2N2OS2. The lowest BCUT2D eigenvalue weighted by molar-refractivity contribution is -0.113. The van der Waals surface area contributed by atoms with E-state index in [4.69, 9.17) is 0 Å². The van der Waals surface area contributed by atoms with Crippen LogP contribution in [0.3, 0.4) is 0 Å². The molecule has 3 rings (SSSR count). The van der Waals surface area contributed by atoms with Crippen LogP contribution in [0.2, 0.25) is 0 Å². The maximum Gasteiger partial charge on any atom is 0.236 e. The number of nitrogens with zero attached hydrogens (tertiary/aromatic N) is 1. The molecule has 0 aliphatic heterocycles. The van der Waals surface area contributed by atoms with Gasteiger partial charge in [0.05, 0.1) is 11.4 Å². The summed E-state index contributed by atoms with van der Waals surface area (Å²) in [4.78, 5) is 16.1. The third-order valence-electron chi connectivity index (χ3n) is 3.30. The Morgan fingerprint density at radius 3 is 2.76 bits per heavy atom. The van der Waals surface area contributed by atoms with Crippen molar-refractivity contribution in [3.63, 3.8) is 0 Å². The van der Waals surface area contributed by atoms with E-state index in [0.29, 0.717) is 10.8 Å². The fourth-order valence-electron chi connectivity index (χ4n) is 2.14. The fourth-order valence-corrected chi connectivity index (χ4v) is 3.65. The molecule has 25 heavy (non-hydrogen) atoms. The molecule has 2 aromatic carbocycles. The van der Waals surface area contributed by atoms with Crippen LogP contribution in [0.25, 0.3) is 11.3 Å². The molecule has 0 spiro atoms. The van der Waals surface area contributed by atoms with Gasteiger partial charge >= 0.3 is 0 Å². The predicted octanol–water partition coefficient (Wildman–Crippen LogP) is 4.96. The quantitative estimate of drug-likeness (QED) is 0.661. The smallest absolute Gasteiger partial charge is 0.236 e. The van der Waals surface area contributed by atoms with Crippen LogP contribution in [-0.2, 0) is 10.5 Å². The molecule has 1 heterocycles. The van der Waals surface area contributed by atoms with Crippen molar-refractivity contribution in [2.45, 2.75) is 5.75 Å². The summed E-state index contributed by atoms with van der Waals surface area (Å²) in [6.07, 6.45) is 0. The summed E-state index contributed by atoms with van der Waals surface area (Å²) in [5.74, 6) is -0.235. The summed E-state index contributed by atoms with van der Waals surface area (Å²) in [7, 11) is 0. The number of amides is 1. The summed E-state index contributed by atoms with van der Waals surface area (Å²) in [6.45, 7) is 0. The van der Waals surface area contributed by atoms with E-state index in [1.165, 1.54) is 23.1 Å². The number of rotatable bonds is 6. The molecule has 3 aromatic rings. The molecule has 3 nitrogen and oxygen atoms in total. The van der Waals surface area contributed by atoms with Crippen molar-refractivity contribution in [2.24, 2.45) is 0 Å². The number of carbonyl (C=O) groups is 1. The van der Waals surface area contributed by atoms with Crippen LogP contribution in [0.1, 0.15) is 5.56 Å². The number of benzene rings is 2. The number of hydrogen-bond donors (Lipinski definition) is 1. The van der Waals surface area contributed by atoms with Crippen molar-refractivity contribution in [3.8, 4) is 11.3 Å². The molecule has 1 amide bonds. The summed E-state index contributed by atoms with van der Waals surface area (Å²) >= 11 is 2.67. The highest BCUT2D eigenvalue weighted by atomic mass is 32.2. The highest BCUT2D eigenvalue weighted by Gasteiger charge is 2.12. The average Bonchev–Trinajstić information content (AvgIpc) is 3.06. The first kappa shape index (κ1) is 17.6. The minimum atomic E-state index is -0.553. The highest BCUT2D eigenvalue weighted by molar-refractivity contribution is 7.99. The van der Waals surface area contributed by atoms with Crippen LogP contribution in [0.4, 0.5) is 13.9 Å². The van der Waals surface area contributed by atoms with Gasteiger partial charge in [0.1, 0.15) is 11.6 Å². The standard InChI is InChI=1S/C18H14F2N2OS2/c19-13-6-7-15(20)14(8-13)16-10-25-18(21-16)22-17(23)11-24-9-12-4-2-1-3-5-12/h1-8,10H,9,11H2,(H,21,22,23). The molecule has 0 aliphatic carbocycles. The van der Waals surface area contributed by atoms with Gasteiger partial charge in [0.15, 0.2) is 5.13 Å². The van der Waals surface area contributed by atoms with Crippen molar-refractivity contribution >= 4 is 34.1 Å². The Morgan fingerprint density at radius 2 is 1.96 bits per heavy atom. The van der Waals surface area contributed by atoms with Gasteiger partial charge in [-0.2, -0.15) is 0 Å². The Kier molecular flexibility index (Phi) is 5.78. The molecule has 1 N–H and O–H groups in total. The van der Waals surface area contributed by atoms with Gasteiger partial charge in [-0.05, 0) is 23.8 Å². The summed E-state index contributed by atoms with van der Waals surface area (Å²) < 4.78 is 27.0. The van der Waals surface area contributed by atoms with E-state index in [1.54, 1.807) is 5.38 Å². The lowest BCUT2D eigenvalue weighted by Crippen LogP contribution is -2.14. The number of aromatic nitrogens is 1. The molecule has 0 bridgehead atoms. The SMILES string of the molecule is O=C(CSCc1ccccc1)Nc1nc(-c2cc(F)ccc2F)cs1. The number of halogens is 2. The minimum Gasteiger partial charge on any atom is -0.301 e. The van der Waals surface area contributed by atoms with Crippen LogP contribution >= 0.6 is 23.1 Å². The van der Waals surface area contributed by atoms with Crippen molar-refractivity contribution in [1.82, 2.24) is 4.98 Å². The van der Waals surface area contributed by atoms with Gasteiger partial charge in [-0.3, -0.25) is 4.79 Å². The van der Waals surface area contributed by atoms with Crippen LogP contribution < -0.4 is 5.32 Å². The maximum absolute atomic E-state index is 13.8. The number of thiazole rings is 1. The zero-order valence-corrected chi connectivity index (χ0v) is 14.7. The molecule has 0 unspecified atom stereocenters. The van der Waals surface area contributed by atoms with Crippen LogP contribution in [0, 0.1) is 11.6 Å². The van der Waals surface area contributed by atoms with Gasteiger partial charge in [0.2, 0.25) is 5.91 Å². The van der Waals surface area contributed by atoms with Crippen molar-refractivity contribution in [2.75, 3.05) is 11.1 Å². The summed E-state index contributed by atoms with van der Waals surface area (Å²) in [5, 5.41) is 4.64. The molecule has 0 saturated carbocycles. The molecule has 0 atom stereocenters. The second-order valence-corrected chi connectivity index (χ2v) is 7.03. The molecular weight excluding hydrogens is 362 g/mol. The Bertz CT molecular complexity index is 869. The average molecular weight is 376 g/mol. The minimum absolute atomic E-state index is 0.0789. The van der Waals surface area contributed by atoms with Gasteiger partial charge in [0.25, 0.3) is 0 Å². The van der Waals surface area contributed by atoms with E-state index in [0.717, 1.165) is 29.5 Å². The van der Waals surface area contributed by atoms with E-state index < -0.39 is 11.6 Å². The number of hydrogen-bond acceptors (Lipinski definition) is 4. The molecule has 128 valence electrons. The van der Waals surface area contributed by atoms with Crippen molar-refractivity contribution in [3.05, 3.63) is 71.1 Å². The van der Waals surface area contributed by atoms with E-state index in [9.17, 15) is 13.6 Å². The normalized spacial score (nSPS) is 10.6. The Labute approximate surface area is 152 Å². The molecule has 7 heteroatoms. The van der Waals surface area contributed by atoms with E-state index in [1.807, 2.05) is 30.3 Å². The molecule has 0 radical (unpaired) electrons. The Balaban J connectivity index is 1.56. The Hall–Kier alpha value is -2.25. The van der Waals surface area contributed by atoms with Gasteiger partial charge in [-0.15, -0.1) is 23.1 Å². The van der Waals surface area contributed by atoms with E-state index >= 15 is 0 Å². The number of carbonyl (C=O) groups excluding carboxylic acids is 1. The number of thioether (sulfide) groups is 1. The number of nitrogens with one attached hydrogen (secondary N) is 1. The predicted molar refractivity (Wildman–Crippen MR) is 98.7 cm³/mol. The Morgan fingerprint density at radius 1 is 1.16 bits per heavy atom. The van der Waals surface area contributed by atoms with Crippen LogP contribution in [0.15, 0.2) is 53.9 Å². The van der Waals surface area contributed by atoms with Crippen molar-refractivity contribution < 1.29 is 13.6 Å². The van der Waals surface area contributed by atoms with Gasteiger partial charge in [-0.25, -0.2) is 13.8 Å². The second kappa shape index (κ2) is 8.22. The lowest BCUT2D eigenvalue weighted by atomic mass is 10.1. The maximum atomic E-state index is 13.8. The topological polar surface area (TPSA) is 42.0 Å². The first-order valence-electron chi connectivity index (χ1n) is 7.44.